The molecule has 0 bridgehead atoms. The SMILES string of the molecule is COC(=O)c1cc(S(=O)(=O)Nc2c(C)cc(C)cc2C)c[nH]1. The fourth-order valence-electron chi connectivity index (χ4n) is 2.29. The summed E-state index contributed by atoms with van der Waals surface area (Å²) in [5.41, 5.74) is 3.37. The Hall–Kier alpha value is -2.28. The van der Waals surface area contributed by atoms with Gasteiger partial charge in [-0.05, 0) is 38.0 Å². The van der Waals surface area contributed by atoms with Gasteiger partial charge < -0.3 is 9.72 Å². The molecule has 0 radical (unpaired) electrons. The van der Waals surface area contributed by atoms with Gasteiger partial charge in [0.1, 0.15) is 10.6 Å². The van der Waals surface area contributed by atoms with E-state index in [2.05, 4.69) is 14.4 Å². The Balaban J connectivity index is 2.36. The Morgan fingerprint density at radius 1 is 1.14 bits per heavy atom. The number of esters is 1. The number of hydrogen-bond acceptors (Lipinski definition) is 4. The molecule has 0 aliphatic carbocycles. The summed E-state index contributed by atoms with van der Waals surface area (Å²) in [5, 5.41) is 0. The first-order valence-electron chi connectivity index (χ1n) is 6.62. The van der Waals surface area contributed by atoms with Crippen LogP contribution in [0, 0.1) is 20.8 Å². The van der Waals surface area contributed by atoms with Crippen LogP contribution in [-0.2, 0) is 14.8 Å². The van der Waals surface area contributed by atoms with Gasteiger partial charge in [-0.15, -0.1) is 0 Å². The highest BCUT2D eigenvalue weighted by Gasteiger charge is 2.20. The summed E-state index contributed by atoms with van der Waals surface area (Å²) >= 11 is 0. The van der Waals surface area contributed by atoms with Gasteiger partial charge >= 0.3 is 5.97 Å². The van der Waals surface area contributed by atoms with E-state index in [1.54, 1.807) is 0 Å². The minimum absolute atomic E-state index is 0.0210. The summed E-state index contributed by atoms with van der Waals surface area (Å²) in [6, 6.07) is 5.05. The first-order valence-corrected chi connectivity index (χ1v) is 8.10. The monoisotopic (exact) mass is 322 g/mol. The molecular weight excluding hydrogens is 304 g/mol. The summed E-state index contributed by atoms with van der Waals surface area (Å²) in [6.45, 7) is 5.64. The molecule has 0 atom stereocenters. The summed E-state index contributed by atoms with van der Waals surface area (Å²) in [5.74, 6) is -0.621. The van der Waals surface area contributed by atoms with Crippen LogP contribution < -0.4 is 4.72 Å². The Morgan fingerprint density at radius 2 is 1.73 bits per heavy atom. The number of nitrogens with one attached hydrogen (secondary N) is 2. The molecule has 0 fully saturated rings. The van der Waals surface area contributed by atoms with E-state index in [-0.39, 0.29) is 10.6 Å². The number of carbonyl (C=O) groups is 1. The topological polar surface area (TPSA) is 88.3 Å². The number of sulfonamides is 1. The van der Waals surface area contributed by atoms with E-state index in [1.165, 1.54) is 19.4 Å². The van der Waals surface area contributed by atoms with E-state index in [1.807, 2.05) is 32.9 Å². The molecule has 22 heavy (non-hydrogen) atoms. The molecule has 7 heteroatoms. The van der Waals surface area contributed by atoms with Crippen LogP contribution in [0.1, 0.15) is 27.2 Å². The van der Waals surface area contributed by atoms with Gasteiger partial charge in [-0.2, -0.15) is 0 Å². The van der Waals surface area contributed by atoms with Gasteiger partial charge in [-0.25, -0.2) is 13.2 Å². The van der Waals surface area contributed by atoms with Crippen LogP contribution >= 0.6 is 0 Å². The molecule has 0 aliphatic heterocycles. The van der Waals surface area contributed by atoms with E-state index in [0.29, 0.717) is 5.69 Å². The van der Waals surface area contributed by atoms with Crippen molar-refractivity contribution >= 4 is 21.7 Å². The summed E-state index contributed by atoms with van der Waals surface area (Å²) in [7, 11) is -2.55. The molecule has 6 nitrogen and oxygen atoms in total. The lowest BCUT2D eigenvalue weighted by molar-refractivity contribution is 0.0595. The van der Waals surface area contributed by atoms with Crippen LogP contribution in [0.3, 0.4) is 0 Å². The van der Waals surface area contributed by atoms with E-state index in [9.17, 15) is 13.2 Å². The van der Waals surface area contributed by atoms with E-state index < -0.39 is 16.0 Å². The molecule has 0 aliphatic rings. The molecule has 2 N–H and O–H groups in total. The second-order valence-electron chi connectivity index (χ2n) is 5.12. The lowest BCUT2D eigenvalue weighted by atomic mass is 10.1. The lowest BCUT2D eigenvalue weighted by Gasteiger charge is -2.13. The molecular formula is C15H18N2O4S. The summed E-state index contributed by atoms with van der Waals surface area (Å²) < 4.78 is 32.0. The highest BCUT2D eigenvalue weighted by atomic mass is 32.2. The number of anilines is 1. The van der Waals surface area contributed by atoms with Gasteiger partial charge in [-0.1, -0.05) is 17.7 Å². The molecule has 0 spiro atoms. The standard InChI is InChI=1S/C15H18N2O4S/c1-9-5-10(2)14(11(3)6-9)17-22(19,20)12-7-13(16-8-12)15(18)21-4/h5-8,16-17H,1-4H3. The molecule has 0 saturated heterocycles. The zero-order valence-electron chi connectivity index (χ0n) is 12.9. The Bertz CT molecular complexity index is 799. The van der Waals surface area contributed by atoms with Crippen LogP contribution in [0.15, 0.2) is 29.3 Å². The summed E-state index contributed by atoms with van der Waals surface area (Å²) in [4.78, 5) is 14.0. The van der Waals surface area contributed by atoms with Crippen LogP contribution in [0.2, 0.25) is 0 Å². The Labute approximate surface area is 129 Å². The Kier molecular flexibility index (Phi) is 4.27. The fourth-order valence-corrected chi connectivity index (χ4v) is 3.49. The highest BCUT2D eigenvalue weighted by Crippen LogP contribution is 2.25. The lowest BCUT2D eigenvalue weighted by Crippen LogP contribution is -2.14. The van der Waals surface area contributed by atoms with Crippen molar-refractivity contribution in [2.24, 2.45) is 0 Å². The van der Waals surface area contributed by atoms with Crippen molar-refractivity contribution in [1.82, 2.24) is 4.98 Å². The van der Waals surface area contributed by atoms with Crippen molar-refractivity contribution in [3.05, 3.63) is 46.8 Å². The minimum atomic E-state index is -3.78. The average molecular weight is 322 g/mol. The molecule has 0 amide bonds. The molecule has 1 aromatic carbocycles. The maximum atomic E-state index is 12.4. The third kappa shape index (κ3) is 3.14. The number of carbonyl (C=O) groups excluding carboxylic acids is 1. The molecule has 2 rings (SSSR count). The first kappa shape index (κ1) is 16.1. The van der Waals surface area contributed by atoms with Crippen LogP contribution in [0.5, 0.6) is 0 Å². The van der Waals surface area contributed by atoms with Crippen molar-refractivity contribution < 1.29 is 17.9 Å². The van der Waals surface area contributed by atoms with Crippen molar-refractivity contribution in [3.8, 4) is 0 Å². The third-order valence-electron chi connectivity index (χ3n) is 3.29. The number of hydrogen-bond donors (Lipinski definition) is 2. The van der Waals surface area contributed by atoms with Crippen LogP contribution in [0.25, 0.3) is 0 Å². The zero-order valence-corrected chi connectivity index (χ0v) is 13.7. The number of methoxy groups -OCH3 is 1. The van der Waals surface area contributed by atoms with Gasteiger partial charge in [-0.3, -0.25) is 4.72 Å². The number of H-pyrrole nitrogens is 1. The molecule has 1 heterocycles. The summed E-state index contributed by atoms with van der Waals surface area (Å²) in [6.07, 6.45) is 1.26. The van der Waals surface area contributed by atoms with Gasteiger partial charge in [0.15, 0.2) is 0 Å². The number of rotatable bonds is 4. The largest absolute Gasteiger partial charge is 0.464 e. The van der Waals surface area contributed by atoms with Gasteiger partial charge in [0, 0.05) is 6.20 Å². The molecule has 118 valence electrons. The van der Waals surface area contributed by atoms with Crippen molar-refractivity contribution in [3.63, 3.8) is 0 Å². The van der Waals surface area contributed by atoms with Crippen molar-refractivity contribution in [1.29, 1.82) is 0 Å². The Morgan fingerprint density at radius 3 is 2.27 bits per heavy atom. The second kappa shape index (κ2) is 5.84. The zero-order chi connectivity index (χ0) is 16.5. The second-order valence-corrected chi connectivity index (χ2v) is 6.80. The number of benzene rings is 1. The van der Waals surface area contributed by atoms with E-state index in [0.717, 1.165) is 16.7 Å². The first-order chi connectivity index (χ1) is 10.2. The predicted molar refractivity (Wildman–Crippen MR) is 83.6 cm³/mol. The number of ether oxygens (including phenoxy) is 1. The van der Waals surface area contributed by atoms with Gasteiger partial charge in [0.2, 0.25) is 0 Å². The van der Waals surface area contributed by atoms with Crippen LogP contribution in [0.4, 0.5) is 5.69 Å². The minimum Gasteiger partial charge on any atom is -0.464 e. The fraction of sp³-hybridized carbons (Fsp3) is 0.267. The van der Waals surface area contributed by atoms with Crippen LogP contribution in [-0.4, -0.2) is 26.5 Å². The quantitative estimate of drug-likeness (QED) is 0.847. The molecule has 2 aromatic rings. The van der Waals surface area contributed by atoms with Crippen molar-refractivity contribution in [2.45, 2.75) is 25.7 Å². The molecule has 1 aromatic heterocycles. The smallest absolute Gasteiger partial charge is 0.354 e. The molecule has 0 saturated carbocycles. The maximum absolute atomic E-state index is 12.4. The number of aryl methyl sites for hydroxylation is 3. The van der Waals surface area contributed by atoms with Crippen molar-refractivity contribution in [2.75, 3.05) is 11.8 Å². The third-order valence-corrected chi connectivity index (χ3v) is 4.61. The number of aromatic amines is 1. The normalized spacial score (nSPS) is 11.3. The van der Waals surface area contributed by atoms with E-state index in [4.69, 9.17) is 0 Å². The van der Waals surface area contributed by atoms with E-state index >= 15 is 0 Å². The van der Waals surface area contributed by atoms with Gasteiger partial charge in [0.25, 0.3) is 10.0 Å². The van der Waals surface area contributed by atoms with Gasteiger partial charge in [0.05, 0.1) is 12.8 Å². The number of aromatic nitrogens is 1. The highest BCUT2D eigenvalue weighted by molar-refractivity contribution is 7.92. The maximum Gasteiger partial charge on any atom is 0.354 e. The predicted octanol–water partition coefficient (Wildman–Crippen LogP) is 2.53. The average Bonchev–Trinajstić information content (AvgIpc) is 2.92. The molecule has 0 unspecified atom stereocenters.